The Bertz CT molecular complexity index is 364. The van der Waals surface area contributed by atoms with Gasteiger partial charge in [0.25, 0.3) is 0 Å². The van der Waals surface area contributed by atoms with Crippen molar-refractivity contribution in [2.75, 3.05) is 13.2 Å². The molecule has 0 amide bonds. The van der Waals surface area contributed by atoms with Crippen LogP contribution in [-0.4, -0.2) is 24.4 Å². The summed E-state index contributed by atoms with van der Waals surface area (Å²) < 4.78 is 5.56. The zero-order valence-corrected chi connectivity index (χ0v) is 11.8. The second kappa shape index (κ2) is 7.51. The molecule has 0 radical (unpaired) electrons. The second-order valence-corrected chi connectivity index (χ2v) is 5.46. The van der Waals surface area contributed by atoms with Gasteiger partial charge in [0.15, 0.2) is 0 Å². The maximum atomic E-state index is 9.48. The van der Waals surface area contributed by atoms with Crippen molar-refractivity contribution in [1.82, 2.24) is 5.32 Å². The van der Waals surface area contributed by atoms with E-state index in [-0.39, 0.29) is 6.10 Å². The molecule has 2 atom stereocenters. The predicted octanol–water partition coefficient (Wildman–Crippen LogP) is 2.73. The van der Waals surface area contributed by atoms with Crippen LogP contribution >= 0.6 is 0 Å². The molecule has 2 unspecified atom stereocenters. The Labute approximate surface area is 116 Å². The number of aliphatic hydroxyl groups excluding tert-OH is 1. The van der Waals surface area contributed by atoms with Crippen molar-refractivity contribution in [3.63, 3.8) is 0 Å². The summed E-state index contributed by atoms with van der Waals surface area (Å²) in [5, 5.41) is 13.0. The van der Waals surface area contributed by atoms with Crippen molar-refractivity contribution in [2.45, 2.75) is 45.3 Å². The van der Waals surface area contributed by atoms with Gasteiger partial charge in [-0.15, -0.1) is 0 Å². The van der Waals surface area contributed by atoms with Gasteiger partial charge in [-0.3, -0.25) is 0 Å². The summed E-state index contributed by atoms with van der Waals surface area (Å²) in [6, 6.07) is 8.29. The molecule has 1 aliphatic rings. The average molecular weight is 263 g/mol. The van der Waals surface area contributed by atoms with Crippen LogP contribution in [0.15, 0.2) is 24.3 Å². The predicted molar refractivity (Wildman–Crippen MR) is 77.3 cm³/mol. The van der Waals surface area contributed by atoms with E-state index in [0.717, 1.165) is 51.1 Å². The number of hydrogen-bond acceptors (Lipinski definition) is 3. The molecule has 0 saturated heterocycles. The van der Waals surface area contributed by atoms with Gasteiger partial charge < -0.3 is 15.2 Å². The zero-order valence-electron chi connectivity index (χ0n) is 11.8. The lowest BCUT2D eigenvalue weighted by Gasteiger charge is -2.11. The molecule has 3 heteroatoms. The number of rotatable bonds is 7. The first-order chi connectivity index (χ1) is 9.28. The van der Waals surface area contributed by atoms with Crippen LogP contribution in [0.4, 0.5) is 0 Å². The van der Waals surface area contributed by atoms with Crippen LogP contribution in [0.2, 0.25) is 0 Å². The highest BCUT2D eigenvalue weighted by Gasteiger charge is 2.21. The fourth-order valence-electron chi connectivity index (χ4n) is 2.58. The first-order valence-corrected chi connectivity index (χ1v) is 7.38. The van der Waals surface area contributed by atoms with E-state index < -0.39 is 0 Å². The summed E-state index contributed by atoms with van der Waals surface area (Å²) in [6.07, 6.45) is 4.04. The summed E-state index contributed by atoms with van der Waals surface area (Å²) in [4.78, 5) is 0. The molecule has 2 rings (SSSR count). The summed E-state index contributed by atoms with van der Waals surface area (Å²) >= 11 is 0. The molecule has 19 heavy (non-hydrogen) atoms. The number of benzene rings is 1. The second-order valence-electron chi connectivity index (χ2n) is 5.46. The van der Waals surface area contributed by atoms with Gasteiger partial charge in [0.1, 0.15) is 5.75 Å². The summed E-state index contributed by atoms with van der Waals surface area (Å²) in [7, 11) is 0. The molecule has 1 aromatic rings. The summed E-state index contributed by atoms with van der Waals surface area (Å²) in [5.41, 5.74) is 1.28. The maximum Gasteiger partial charge on any atom is 0.119 e. The van der Waals surface area contributed by atoms with Crippen LogP contribution in [0.25, 0.3) is 0 Å². The molecule has 1 saturated carbocycles. The van der Waals surface area contributed by atoms with Crippen LogP contribution in [0, 0.1) is 5.92 Å². The van der Waals surface area contributed by atoms with Crippen molar-refractivity contribution in [3.05, 3.63) is 29.8 Å². The van der Waals surface area contributed by atoms with Crippen molar-refractivity contribution in [3.8, 4) is 5.75 Å². The Hall–Kier alpha value is -1.06. The van der Waals surface area contributed by atoms with E-state index in [1.165, 1.54) is 5.56 Å². The lowest BCUT2D eigenvalue weighted by molar-refractivity contribution is 0.177. The van der Waals surface area contributed by atoms with Gasteiger partial charge in [0.2, 0.25) is 0 Å². The van der Waals surface area contributed by atoms with E-state index in [1.54, 1.807) is 0 Å². The smallest absolute Gasteiger partial charge is 0.119 e. The minimum Gasteiger partial charge on any atom is -0.494 e. The third kappa shape index (κ3) is 4.84. The zero-order chi connectivity index (χ0) is 13.5. The standard InChI is InChI=1S/C16H25NO2/c1-2-9-19-16-7-4-13(5-8-16)11-17-12-14-3-6-15(18)10-14/h4-5,7-8,14-15,17-18H,2-3,6,9-12H2,1H3. The molecule has 1 fully saturated rings. The van der Waals surface area contributed by atoms with Crippen molar-refractivity contribution < 1.29 is 9.84 Å². The molecule has 1 aliphatic carbocycles. The van der Waals surface area contributed by atoms with E-state index >= 15 is 0 Å². The van der Waals surface area contributed by atoms with E-state index in [4.69, 9.17) is 4.74 Å². The molecule has 2 N–H and O–H groups in total. The lowest BCUT2D eigenvalue weighted by Crippen LogP contribution is -2.21. The Morgan fingerprint density at radius 3 is 2.68 bits per heavy atom. The van der Waals surface area contributed by atoms with Gasteiger partial charge in [-0.2, -0.15) is 0 Å². The highest BCUT2D eigenvalue weighted by Crippen LogP contribution is 2.24. The quantitative estimate of drug-likeness (QED) is 0.795. The minimum atomic E-state index is -0.0678. The molecule has 106 valence electrons. The molecule has 0 aliphatic heterocycles. The van der Waals surface area contributed by atoms with Crippen LogP contribution < -0.4 is 10.1 Å². The SMILES string of the molecule is CCCOc1ccc(CNCC2CCC(O)C2)cc1. The van der Waals surface area contributed by atoms with Crippen LogP contribution in [0.5, 0.6) is 5.75 Å². The lowest BCUT2D eigenvalue weighted by atomic mass is 10.1. The maximum absolute atomic E-state index is 9.48. The first-order valence-electron chi connectivity index (χ1n) is 7.38. The van der Waals surface area contributed by atoms with E-state index in [1.807, 2.05) is 12.1 Å². The third-order valence-corrected chi connectivity index (χ3v) is 3.67. The van der Waals surface area contributed by atoms with Gasteiger partial charge in [-0.1, -0.05) is 19.1 Å². The topological polar surface area (TPSA) is 41.5 Å². The van der Waals surface area contributed by atoms with E-state index in [2.05, 4.69) is 24.4 Å². The number of nitrogens with one attached hydrogen (secondary N) is 1. The average Bonchev–Trinajstić information content (AvgIpc) is 2.84. The van der Waals surface area contributed by atoms with Gasteiger partial charge in [-0.05, 0) is 55.8 Å². The molecule has 0 heterocycles. The summed E-state index contributed by atoms with van der Waals surface area (Å²) in [5.74, 6) is 1.59. The number of aliphatic hydroxyl groups is 1. The highest BCUT2D eigenvalue weighted by atomic mass is 16.5. The molecule has 0 aromatic heterocycles. The molecular formula is C16H25NO2. The van der Waals surface area contributed by atoms with Gasteiger partial charge in [0.05, 0.1) is 12.7 Å². The highest BCUT2D eigenvalue weighted by molar-refractivity contribution is 5.27. The Morgan fingerprint density at radius 1 is 1.26 bits per heavy atom. The Morgan fingerprint density at radius 2 is 2.05 bits per heavy atom. The van der Waals surface area contributed by atoms with Crippen LogP contribution in [0.1, 0.15) is 38.2 Å². The monoisotopic (exact) mass is 263 g/mol. The van der Waals surface area contributed by atoms with Crippen molar-refractivity contribution in [2.24, 2.45) is 5.92 Å². The normalized spacial score (nSPS) is 22.6. The Kier molecular flexibility index (Phi) is 5.67. The van der Waals surface area contributed by atoms with Crippen LogP contribution in [0.3, 0.4) is 0 Å². The molecule has 1 aromatic carbocycles. The number of hydrogen-bond donors (Lipinski definition) is 2. The summed E-state index contributed by atoms with van der Waals surface area (Å²) in [6.45, 7) is 4.78. The van der Waals surface area contributed by atoms with E-state index in [9.17, 15) is 5.11 Å². The first kappa shape index (κ1) is 14.4. The van der Waals surface area contributed by atoms with Gasteiger partial charge in [-0.25, -0.2) is 0 Å². The molecule has 0 spiro atoms. The molecular weight excluding hydrogens is 238 g/mol. The third-order valence-electron chi connectivity index (χ3n) is 3.67. The minimum absolute atomic E-state index is 0.0678. The fraction of sp³-hybridized carbons (Fsp3) is 0.625. The van der Waals surface area contributed by atoms with E-state index in [0.29, 0.717) is 5.92 Å². The van der Waals surface area contributed by atoms with Gasteiger partial charge >= 0.3 is 0 Å². The largest absolute Gasteiger partial charge is 0.494 e. The number of ether oxygens (including phenoxy) is 1. The molecule has 0 bridgehead atoms. The molecule has 3 nitrogen and oxygen atoms in total. The van der Waals surface area contributed by atoms with Crippen LogP contribution in [-0.2, 0) is 6.54 Å². The van der Waals surface area contributed by atoms with Gasteiger partial charge in [0, 0.05) is 6.54 Å². The Balaban J connectivity index is 1.68. The van der Waals surface area contributed by atoms with Crippen molar-refractivity contribution in [1.29, 1.82) is 0 Å². The fourth-order valence-corrected chi connectivity index (χ4v) is 2.58. The van der Waals surface area contributed by atoms with Crippen molar-refractivity contribution >= 4 is 0 Å².